The van der Waals surface area contributed by atoms with Gasteiger partial charge in [-0.1, -0.05) is 0 Å². The average molecular weight is 168 g/mol. The summed E-state index contributed by atoms with van der Waals surface area (Å²) in [5, 5.41) is 0. The van der Waals surface area contributed by atoms with Gasteiger partial charge in [0.15, 0.2) is 0 Å². The van der Waals surface area contributed by atoms with Crippen LogP contribution in [-0.4, -0.2) is 30.6 Å². The zero-order chi connectivity index (χ0) is 8.60. The van der Waals surface area contributed by atoms with Gasteiger partial charge in [-0.05, 0) is 45.1 Å². The summed E-state index contributed by atoms with van der Waals surface area (Å²) in [6, 6.07) is 0. The third kappa shape index (κ3) is 1.38. The highest BCUT2D eigenvalue weighted by atomic mass is 15.2. The molecule has 2 heteroatoms. The first kappa shape index (κ1) is 8.52. The highest BCUT2D eigenvalue weighted by Gasteiger charge is 2.40. The van der Waals surface area contributed by atoms with Gasteiger partial charge < -0.3 is 5.73 Å². The van der Waals surface area contributed by atoms with Gasteiger partial charge in [-0.15, -0.1) is 0 Å². The van der Waals surface area contributed by atoms with Gasteiger partial charge in [0.2, 0.25) is 0 Å². The Morgan fingerprint density at radius 2 is 2.08 bits per heavy atom. The van der Waals surface area contributed by atoms with E-state index in [1.54, 1.807) is 0 Å². The van der Waals surface area contributed by atoms with E-state index in [0.717, 1.165) is 12.5 Å². The van der Waals surface area contributed by atoms with E-state index in [1.807, 2.05) is 0 Å². The van der Waals surface area contributed by atoms with Crippen LogP contribution < -0.4 is 5.73 Å². The molecule has 0 radical (unpaired) electrons. The van der Waals surface area contributed by atoms with Crippen LogP contribution in [0.4, 0.5) is 0 Å². The van der Waals surface area contributed by atoms with Gasteiger partial charge in [-0.2, -0.15) is 0 Å². The van der Waals surface area contributed by atoms with Crippen molar-refractivity contribution in [2.45, 2.75) is 37.6 Å². The third-order valence-electron chi connectivity index (χ3n) is 3.70. The van der Waals surface area contributed by atoms with Gasteiger partial charge in [0, 0.05) is 18.6 Å². The van der Waals surface area contributed by atoms with E-state index in [1.165, 1.54) is 38.6 Å². The zero-order valence-corrected chi connectivity index (χ0v) is 8.05. The Labute approximate surface area is 75.1 Å². The SMILES string of the molecule is CN(CC1CC1)C1(CN)CCC1. The second-order valence-electron chi connectivity index (χ2n) is 4.61. The van der Waals surface area contributed by atoms with Gasteiger partial charge in [-0.3, -0.25) is 4.90 Å². The molecule has 12 heavy (non-hydrogen) atoms. The highest BCUT2D eigenvalue weighted by Crippen LogP contribution is 2.39. The van der Waals surface area contributed by atoms with Crippen LogP contribution >= 0.6 is 0 Å². The van der Waals surface area contributed by atoms with E-state index < -0.39 is 0 Å². The maximum atomic E-state index is 5.82. The summed E-state index contributed by atoms with van der Waals surface area (Å²) in [4.78, 5) is 2.52. The molecular weight excluding hydrogens is 148 g/mol. The lowest BCUT2D eigenvalue weighted by atomic mass is 9.75. The zero-order valence-electron chi connectivity index (χ0n) is 8.05. The standard InChI is InChI=1S/C10H20N2/c1-12(7-9-3-4-9)10(8-11)5-2-6-10/h9H,2-8,11H2,1H3. The largest absolute Gasteiger partial charge is 0.329 e. The molecule has 2 saturated carbocycles. The van der Waals surface area contributed by atoms with Crippen LogP contribution in [0.15, 0.2) is 0 Å². The van der Waals surface area contributed by atoms with Crippen molar-refractivity contribution in [3.63, 3.8) is 0 Å². The molecule has 0 unspecified atom stereocenters. The summed E-state index contributed by atoms with van der Waals surface area (Å²) in [5.74, 6) is 0.999. The number of rotatable bonds is 4. The predicted molar refractivity (Wildman–Crippen MR) is 51.0 cm³/mol. The fraction of sp³-hybridized carbons (Fsp3) is 1.00. The molecule has 0 aromatic rings. The van der Waals surface area contributed by atoms with Crippen molar-refractivity contribution in [2.24, 2.45) is 11.7 Å². The lowest BCUT2D eigenvalue weighted by Crippen LogP contribution is -2.57. The second kappa shape index (κ2) is 3.00. The Hall–Kier alpha value is -0.0800. The average Bonchev–Trinajstić information content (AvgIpc) is 2.70. The molecule has 2 rings (SSSR count). The van der Waals surface area contributed by atoms with Crippen LogP contribution in [0.2, 0.25) is 0 Å². The maximum absolute atomic E-state index is 5.82. The molecule has 0 saturated heterocycles. The first-order valence-electron chi connectivity index (χ1n) is 5.18. The quantitative estimate of drug-likeness (QED) is 0.683. The lowest BCUT2D eigenvalue weighted by molar-refractivity contribution is 0.0426. The van der Waals surface area contributed by atoms with E-state index in [2.05, 4.69) is 11.9 Å². The molecule has 0 spiro atoms. The minimum absolute atomic E-state index is 0.405. The highest BCUT2D eigenvalue weighted by molar-refractivity contribution is 4.98. The van der Waals surface area contributed by atoms with Gasteiger partial charge >= 0.3 is 0 Å². The molecule has 70 valence electrons. The molecule has 0 heterocycles. The molecule has 2 aliphatic carbocycles. The fourth-order valence-corrected chi connectivity index (χ4v) is 2.21. The molecule has 0 aliphatic heterocycles. The van der Waals surface area contributed by atoms with E-state index in [9.17, 15) is 0 Å². The second-order valence-corrected chi connectivity index (χ2v) is 4.61. The molecule has 0 aromatic carbocycles. The maximum Gasteiger partial charge on any atom is 0.0328 e. The summed E-state index contributed by atoms with van der Waals surface area (Å²) in [6.07, 6.45) is 6.93. The van der Waals surface area contributed by atoms with Crippen molar-refractivity contribution in [2.75, 3.05) is 20.1 Å². The predicted octanol–water partition coefficient (Wildman–Crippen LogP) is 1.21. The van der Waals surface area contributed by atoms with E-state index in [-0.39, 0.29) is 0 Å². The van der Waals surface area contributed by atoms with Gasteiger partial charge in [0.05, 0.1) is 0 Å². The molecule has 0 amide bonds. The van der Waals surface area contributed by atoms with Crippen LogP contribution in [0, 0.1) is 5.92 Å². The molecule has 2 aliphatic rings. The monoisotopic (exact) mass is 168 g/mol. The molecule has 2 fully saturated rings. The molecule has 2 nitrogen and oxygen atoms in total. The summed E-state index contributed by atoms with van der Waals surface area (Å²) < 4.78 is 0. The normalized spacial score (nSPS) is 27.2. The summed E-state index contributed by atoms with van der Waals surface area (Å²) in [5.41, 5.74) is 6.23. The van der Waals surface area contributed by atoms with Crippen LogP contribution in [-0.2, 0) is 0 Å². The third-order valence-corrected chi connectivity index (χ3v) is 3.70. The van der Waals surface area contributed by atoms with Crippen LogP contribution in [0.25, 0.3) is 0 Å². The van der Waals surface area contributed by atoms with E-state index in [0.29, 0.717) is 5.54 Å². The van der Waals surface area contributed by atoms with Crippen molar-refractivity contribution >= 4 is 0 Å². The van der Waals surface area contributed by atoms with Crippen molar-refractivity contribution < 1.29 is 0 Å². The molecule has 0 atom stereocenters. The molecule has 0 bridgehead atoms. The number of hydrogen-bond acceptors (Lipinski definition) is 2. The minimum atomic E-state index is 0.405. The first-order chi connectivity index (χ1) is 5.77. The fourth-order valence-electron chi connectivity index (χ4n) is 2.21. The minimum Gasteiger partial charge on any atom is -0.329 e. The summed E-state index contributed by atoms with van der Waals surface area (Å²) in [7, 11) is 2.25. The Morgan fingerprint density at radius 1 is 1.42 bits per heavy atom. The molecule has 0 aromatic heterocycles. The van der Waals surface area contributed by atoms with Gasteiger partial charge in [0.1, 0.15) is 0 Å². The Kier molecular flexibility index (Phi) is 2.13. The van der Waals surface area contributed by atoms with Crippen molar-refractivity contribution in [1.82, 2.24) is 4.90 Å². The van der Waals surface area contributed by atoms with Crippen LogP contribution in [0.1, 0.15) is 32.1 Å². The van der Waals surface area contributed by atoms with Crippen molar-refractivity contribution in [1.29, 1.82) is 0 Å². The van der Waals surface area contributed by atoms with E-state index in [4.69, 9.17) is 5.73 Å². The molecule has 2 N–H and O–H groups in total. The van der Waals surface area contributed by atoms with Gasteiger partial charge in [-0.25, -0.2) is 0 Å². The summed E-state index contributed by atoms with van der Waals surface area (Å²) >= 11 is 0. The lowest BCUT2D eigenvalue weighted by Gasteiger charge is -2.48. The van der Waals surface area contributed by atoms with Gasteiger partial charge in [0.25, 0.3) is 0 Å². The topological polar surface area (TPSA) is 29.3 Å². The van der Waals surface area contributed by atoms with Crippen LogP contribution in [0.5, 0.6) is 0 Å². The molecular formula is C10H20N2. The van der Waals surface area contributed by atoms with Crippen molar-refractivity contribution in [3.05, 3.63) is 0 Å². The van der Waals surface area contributed by atoms with E-state index >= 15 is 0 Å². The Balaban J connectivity index is 1.86. The first-order valence-corrected chi connectivity index (χ1v) is 5.18. The number of hydrogen-bond donors (Lipinski definition) is 1. The number of nitrogens with zero attached hydrogens (tertiary/aromatic N) is 1. The summed E-state index contributed by atoms with van der Waals surface area (Å²) in [6.45, 7) is 2.15. The smallest absolute Gasteiger partial charge is 0.0328 e. The number of nitrogens with two attached hydrogens (primary N) is 1. The van der Waals surface area contributed by atoms with Crippen LogP contribution in [0.3, 0.4) is 0 Å². The Morgan fingerprint density at radius 3 is 2.42 bits per heavy atom. The Bertz CT molecular complexity index is 154. The van der Waals surface area contributed by atoms with Crippen molar-refractivity contribution in [3.8, 4) is 0 Å². The number of likely N-dealkylation sites (N-methyl/N-ethyl adjacent to an activating group) is 1.